The van der Waals surface area contributed by atoms with Crippen LogP contribution in [0.25, 0.3) is 0 Å². The molecule has 0 amide bonds. The molecule has 6 heteroatoms. The van der Waals surface area contributed by atoms with Crippen molar-refractivity contribution >= 4 is 11.3 Å². The topological polar surface area (TPSA) is 56.5 Å². The van der Waals surface area contributed by atoms with Gasteiger partial charge in [0.1, 0.15) is 0 Å². The van der Waals surface area contributed by atoms with E-state index in [1.165, 1.54) is 17.7 Å². The zero-order valence-corrected chi connectivity index (χ0v) is 10.2. The summed E-state index contributed by atoms with van der Waals surface area (Å²) in [6, 6.07) is 0. The van der Waals surface area contributed by atoms with Crippen LogP contribution >= 0.6 is 11.3 Å². The summed E-state index contributed by atoms with van der Waals surface area (Å²) in [5, 5.41) is 13.6. The summed E-state index contributed by atoms with van der Waals surface area (Å²) in [7, 11) is 0. The van der Waals surface area contributed by atoms with Gasteiger partial charge in [0, 0.05) is 5.92 Å². The molecule has 1 aliphatic carbocycles. The molecule has 84 valence electrons. The van der Waals surface area contributed by atoms with Crippen LogP contribution in [0.1, 0.15) is 40.2 Å². The number of hydrogen-bond acceptors (Lipinski definition) is 5. The van der Waals surface area contributed by atoms with Gasteiger partial charge in [-0.2, -0.15) is 4.80 Å². The molecule has 2 aromatic heterocycles. The highest BCUT2D eigenvalue weighted by Crippen LogP contribution is 2.37. The molecule has 2 heterocycles. The van der Waals surface area contributed by atoms with E-state index in [0.717, 1.165) is 16.5 Å². The van der Waals surface area contributed by atoms with Gasteiger partial charge in [0.05, 0.1) is 22.1 Å². The minimum Gasteiger partial charge on any atom is -0.247 e. The second-order valence-electron chi connectivity index (χ2n) is 4.19. The third-order valence-electron chi connectivity index (χ3n) is 2.70. The summed E-state index contributed by atoms with van der Waals surface area (Å²) in [5.74, 6) is 1.47. The van der Waals surface area contributed by atoms with Gasteiger partial charge in [-0.25, -0.2) is 4.98 Å². The van der Waals surface area contributed by atoms with Crippen LogP contribution in [0.15, 0.2) is 0 Å². The Balaban J connectivity index is 1.79. The number of tetrazole rings is 1. The fourth-order valence-corrected chi connectivity index (χ4v) is 2.59. The minimum absolute atomic E-state index is 0.568. The SMILES string of the molecule is Cc1nc(C)c(Cn2nnc(C3CC3)n2)s1. The first-order chi connectivity index (χ1) is 7.72. The molecule has 0 atom stereocenters. The van der Waals surface area contributed by atoms with Crippen molar-refractivity contribution in [3.63, 3.8) is 0 Å². The van der Waals surface area contributed by atoms with E-state index in [9.17, 15) is 0 Å². The number of aromatic nitrogens is 5. The minimum atomic E-state index is 0.568. The Morgan fingerprint density at radius 3 is 2.81 bits per heavy atom. The van der Waals surface area contributed by atoms with Crippen molar-refractivity contribution in [1.82, 2.24) is 25.2 Å². The van der Waals surface area contributed by atoms with Crippen molar-refractivity contribution in [2.24, 2.45) is 0 Å². The largest absolute Gasteiger partial charge is 0.247 e. The third kappa shape index (κ3) is 1.84. The molecule has 0 radical (unpaired) electrons. The van der Waals surface area contributed by atoms with E-state index in [1.54, 1.807) is 16.1 Å². The van der Waals surface area contributed by atoms with Crippen molar-refractivity contribution in [3.05, 3.63) is 21.4 Å². The van der Waals surface area contributed by atoms with Gasteiger partial charge in [0.15, 0.2) is 5.82 Å². The lowest BCUT2D eigenvalue weighted by Gasteiger charge is -1.95. The average Bonchev–Trinajstić information content (AvgIpc) is 2.91. The fraction of sp³-hybridized carbons (Fsp3) is 0.600. The Labute approximate surface area is 97.5 Å². The van der Waals surface area contributed by atoms with E-state index >= 15 is 0 Å². The first-order valence-corrected chi connectivity index (χ1v) is 6.24. The van der Waals surface area contributed by atoms with Crippen LogP contribution in [0.3, 0.4) is 0 Å². The first kappa shape index (κ1) is 9.89. The highest BCUT2D eigenvalue weighted by Gasteiger charge is 2.28. The lowest BCUT2D eigenvalue weighted by molar-refractivity contribution is 0.573. The summed E-state index contributed by atoms with van der Waals surface area (Å²) in [6.07, 6.45) is 2.43. The van der Waals surface area contributed by atoms with Crippen molar-refractivity contribution < 1.29 is 0 Å². The molecule has 0 bridgehead atoms. The van der Waals surface area contributed by atoms with Crippen LogP contribution in [0.5, 0.6) is 0 Å². The third-order valence-corrected chi connectivity index (χ3v) is 3.75. The molecule has 1 fully saturated rings. The van der Waals surface area contributed by atoms with E-state index in [2.05, 4.69) is 20.4 Å². The predicted molar refractivity (Wildman–Crippen MR) is 60.5 cm³/mol. The van der Waals surface area contributed by atoms with Crippen LogP contribution < -0.4 is 0 Å². The summed E-state index contributed by atoms with van der Waals surface area (Å²) < 4.78 is 0. The second kappa shape index (κ2) is 3.62. The number of hydrogen-bond donors (Lipinski definition) is 0. The molecule has 2 aromatic rings. The van der Waals surface area contributed by atoms with Gasteiger partial charge in [-0.05, 0) is 31.9 Å². The first-order valence-electron chi connectivity index (χ1n) is 5.43. The number of nitrogens with zero attached hydrogens (tertiary/aromatic N) is 5. The van der Waals surface area contributed by atoms with Crippen LogP contribution in [0, 0.1) is 13.8 Å². The molecule has 0 N–H and O–H groups in total. The van der Waals surface area contributed by atoms with Crippen LogP contribution in [0.2, 0.25) is 0 Å². The molecule has 0 unspecified atom stereocenters. The number of thiazole rings is 1. The van der Waals surface area contributed by atoms with Crippen molar-refractivity contribution in [2.75, 3.05) is 0 Å². The molecular weight excluding hydrogens is 222 g/mol. The standard InChI is InChI=1S/C10H13N5S/c1-6-9(16-7(2)11-6)5-15-13-10(12-14-15)8-3-4-8/h8H,3-5H2,1-2H3. The predicted octanol–water partition coefficient (Wildman–Crippen LogP) is 1.67. The molecule has 0 spiro atoms. The molecule has 0 aromatic carbocycles. The lowest BCUT2D eigenvalue weighted by Crippen LogP contribution is -2.03. The van der Waals surface area contributed by atoms with Crippen molar-refractivity contribution in [3.8, 4) is 0 Å². The lowest BCUT2D eigenvalue weighted by atomic mass is 10.4. The Kier molecular flexibility index (Phi) is 2.24. The monoisotopic (exact) mass is 235 g/mol. The Morgan fingerprint density at radius 2 is 2.19 bits per heavy atom. The van der Waals surface area contributed by atoms with Crippen LogP contribution in [-0.2, 0) is 6.54 Å². The summed E-state index contributed by atoms with van der Waals surface area (Å²) in [5.41, 5.74) is 1.08. The molecule has 3 rings (SSSR count). The van der Waals surface area contributed by atoms with E-state index in [0.29, 0.717) is 12.5 Å². The van der Waals surface area contributed by atoms with Gasteiger partial charge >= 0.3 is 0 Å². The Morgan fingerprint density at radius 1 is 1.38 bits per heavy atom. The van der Waals surface area contributed by atoms with E-state index < -0.39 is 0 Å². The average molecular weight is 235 g/mol. The summed E-state index contributed by atoms with van der Waals surface area (Å²) in [4.78, 5) is 7.28. The fourth-order valence-electron chi connectivity index (χ4n) is 1.68. The normalized spacial score (nSPS) is 15.6. The molecule has 0 saturated heterocycles. The highest BCUT2D eigenvalue weighted by atomic mass is 32.1. The molecule has 1 saturated carbocycles. The van der Waals surface area contributed by atoms with Gasteiger partial charge in [0.25, 0.3) is 0 Å². The van der Waals surface area contributed by atoms with E-state index in [-0.39, 0.29) is 0 Å². The zero-order chi connectivity index (χ0) is 11.1. The van der Waals surface area contributed by atoms with E-state index in [4.69, 9.17) is 0 Å². The maximum absolute atomic E-state index is 4.39. The van der Waals surface area contributed by atoms with Gasteiger partial charge in [-0.15, -0.1) is 21.5 Å². The van der Waals surface area contributed by atoms with Crippen LogP contribution in [0.4, 0.5) is 0 Å². The van der Waals surface area contributed by atoms with Gasteiger partial charge < -0.3 is 0 Å². The smallest absolute Gasteiger partial charge is 0.177 e. The van der Waals surface area contributed by atoms with Crippen LogP contribution in [-0.4, -0.2) is 25.2 Å². The van der Waals surface area contributed by atoms with Crippen molar-refractivity contribution in [1.29, 1.82) is 0 Å². The van der Waals surface area contributed by atoms with Gasteiger partial charge in [0.2, 0.25) is 0 Å². The van der Waals surface area contributed by atoms with Gasteiger partial charge in [-0.1, -0.05) is 0 Å². The molecule has 0 aliphatic heterocycles. The quantitative estimate of drug-likeness (QED) is 0.812. The molecule has 5 nitrogen and oxygen atoms in total. The Bertz CT molecular complexity index is 511. The number of rotatable bonds is 3. The summed E-state index contributed by atoms with van der Waals surface area (Å²) in [6.45, 7) is 4.74. The van der Waals surface area contributed by atoms with Crippen molar-refractivity contribution in [2.45, 2.75) is 39.2 Å². The zero-order valence-electron chi connectivity index (χ0n) is 9.34. The molecule has 16 heavy (non-hydrogen) atoms. The molecule has 1 aliphatic rings. The molecular formula is C10H13N5S. The van der Waals surface area contributed by atoms with E-state index in [1.807, 2.05) is 13.8 Å². The Hall–Kier alpha value is -1.30. The van der Waals surface area contributed by atoms with Gasteiger partial charge in [-0.3, -0.25) is 0 Å². The maximum atomic E-state index is 4.39. The summed E-state index contributed by atoms with van der Waals surface area (Å²) >= 11 is 1.70. The number of aryl methyl sites for hydroxylation is 2. The second-order valence-corrected chi connectivity index (χ2v) is 5.48. The maximum Gasteiger partial charge on any atom is 0.177 e. The highest BCUT2D eigenvalue weighted by molar-refractivity contribution is 7.11.